The number of hydrogen-bond donors (Lipinski definition) is 3. The van der Waals surface area contributed by atoms with Crippen molar-refractivity contribution in [2.75, 3.05) is 32.1 Å². The molecule has 224 valence electrons. The number of fused-ring (bicyclic) bond motifs is 1. The molecular weight excluding hydrogens is 586 g/mol. The van der Waals surface area contributed by atoms with E-state index in [0.29, 0.717) is 5.02 Å². The van der Waals surface area contributed by atoms with E-state index in [1.54, 1.807) is 13.8 Å². The van der Waals surface area contributed by atoms with Gasteiger partial charge in [0, 0.05) is 18.0 Å². The average Bonchev–Trinajstić information content (AvgIpc) is 3.44. The van der Waals surface area contributed by atoms with E-state index >= 15 is 4.39 Å². The van der Waals surface area contributed by atoms with Crippen LogP contribution in [0.4, 0.5) is 10.3 Å². The Morgan fingerprint density at radius 3 is 2.73 bits per heavy atom. The molecule has 1 aromatic carbocycles. The highest BCUT2D eigenvalue weighted by Crippen LogP contribution is 2.47. The summed E-state index contributed by atoms with van der Waals surface area (Å²) in [6.07, 6.45) is -2.98. The van der Waals surface area contributed by atoms with Crippen LogP contribution in [-0.2, 0) is 23.4 Å². The fraction of sp³-hybridized carbons (Fsp3) is 0.500. The van der Waals surface area contributed by atoms with E-state index in [9.17, 15) is 14.5 Å². The van der Waals surface area contributed by atoms with Crippen LogP contribution >= 0.6 is 19.3 Å². The molecule has 41 heavy (non-hydrogen) atoms. The van der Waals surface area contributed by atoms with Crippen LogP contribution in [0.3, 0.4) is 0 Å². The maximum Gasteiger partial charge on any atom is 0.458 e. The number of aliphatic hydroxyl groups is 1. The van der Waals surface area contributed by atoms with Crippen molar-refractivity contribution in [2.24, 2.45) is 0 Å². The van der Waals surface area contributed by atoms with Crippen LogP contribution in [0.5, 0.6) is 11.6 Å². The van der Waals surface area contributed by atoms with Crippen LogP contribution in [-0.4, -0.2) is 74.8 Å². The highest BCUT2D eigenvalue weighted by Gasteiger charge is 2.56. The standard InChI is InChI=1S/C24H31ClFN6O8P/c1-4-17(33)37-11-10-29-41(35,40-15-8-6-14(25)7-9-15)38-12-16-19(34)24(3,26)22(39-16)32-13-28-18-20(32)30-23(27)31-21(18)36-5-2/h6-9,13,16,19,22,34H,4-5,10-12H2,1-3H3,(H,29,35)(H2,27,30,31)/t16-,19-,22-,24-,41?/m1/s1. The lowest BCUT2D eigenvalue weighted by Crippen LogP contribution is -2.41. The molecule has 0 aliphatic carbocycles. The van der Waals surface area contributed by atoms with Gasteiger partial charge in [0.05, 0.1) is 19.5 Å². The number of benzene rings is 1. The molecule has 0 amide bonds. The van der Waals surface area contributed by atoms with Gasteiger partial charge in [0.15, 0.2) is 23.1 Å². The van der Waals surface area contributed by atoms with Gasteiger partial charge in [0.25, 0.3) is 0 Å². The third-order valence-electron chi connectivity index (χ3n) is 6.06. The molecule has 5 atom stereocenters. The van der Waals surface area contributed by atoms with E-state index in [0.717, 1.165) is 6.92 Å². The number of ether oxygens (including phenoxy) is 3. The number of halogens is 2. The van der Waals surface area contributed by atoms with Crippen LogP contribution in [0.15, 0.2) is 30.6 Å². The number of carbonyl (C=O) groups is 1. The van der Waals surface area contributed by atoms with Gasteiger partial charge >= 0.3 is 13.7 Å². The molecule has 0 radical (unpaired) electrons. The molecule has 1 aliphatic heterocycles. The number of nitrogen functional groups attached to an aromatic ring is 1. The zero-order chi connectivity index (χ0) is 29.8. The van der Waals surface area contributed by atoms with Crippen molar-refractivity contribution in [3.8, 4) is 11.6 Å². The number of aromatic nitrogens is 4. The number of hydrogen-bond acceptors (Lipinski definition) is 12. The van der Waals surface area contributed by atoms with Crippen molar-refractivity contribution in [3.63, 3.8) is 0 Å². The van der Waals surface area contributed by atoms with Gasteiger partial charge in [0.2, 0.25) is 11.8 Å². The highest BCUT2D eigenvalue weighted by atomic mass is 35.5. The summed E-state index contributed by atoms with van der Waals surface area (Å²) in [7, 11) is -4.16. The Bertz CT molecular complexity index is 1410. The van der Waals surface area contributed by atoms with Crippen LogP contribution < -0.4 is 20.1 Å². The Balaban J connectivity index is 1.52. The van der Waals surface area contributed by atoms with E-state index < -0.39 is 44.4 Å². The van der Waals surface area contributed by atoms with Gasteiger partial charge in [-0.1, -0.05) is 18.5 Å². The second kappa shape index (κ2) is 12.8. The summed E-state index contributed by atoms with van der Waals surface area (Å²) in [6, 6.07) is 5.99. The summed E-state index contributed by atoms with van der Waals surface area (Å²) < 4.78 is 58.3. The number of nitrogens with two attached hydrogens (primary N) is 1. The minimum Gasteiger partial charge on any atom is -0.476 e. The second-order valence-corrected chi connectivity index (χ2v) is 11.3. The molecule has 1 aliphatic rings. The number of aliphatic hydroxyl groups excluding tert-OH is 1. The maximum atomic E-state index is 16.0. The number of nitrogens with one attached hydrogen (secondary N) is 1. The normalized spacial score (nSPS) is 23.8. The Morgan fingerprint density at radius 1 is 1.32 bits per heavy atom. The van der Waals surface area contributed by atoms with E-state index in [2.05, 4.69) is 20.0 Å². The fourth-order valence-corrected chi connectivity index (χ4v) is 5.47. The predicted molar refractivity (Wildman–Crippen MR) is 145 cm³/mol. The van der Waals surface area contributed by atoms with Gasteiger partial charge in [0.1, 0.15) is 24.6 Å². The number of anilines is 1. The molecule has 3 heterocycles. The Morgan fingerprint density at radius 2 is 2.05 bits per heavy atom. The first-order valence-corrected chi connectivity index (χ1v) is 14.6. The molecule has 1 fully saturated rings. The number of rotatable bonds is 13. The highest BCUT2D eigenvalue weighted by molar-refractivity contribution is 7.52. The summed E-state index contributed by atoms with van der Waals surface area (Å²) in [6.45, 7) is 4.08. The van der Waals surface area contributed by atoms with E-state index in [-0.39, 0.29) is 54.9 Å². The number of alkyl halides is 1. The molecule has 3 aromatic rings. The summed E-state index contributed by atoms with van der Waals surface area (Å²) in [4.78, 5) is 23.8. The fourth-order valence-electron chi connectivity index (χ4n) is 4.03. The van der Waals surface area contributed by atoms with Crippen molar-refractivity contribution in [2.45, 2.75) is 51.3 Å². The minimum absolute atomic E-state index is 0.0849. The van der Waals surface area contributed by atoms with Crippen LogP contribution in [0.2, 0.25) is 5.02 Å². The Hall–Kier alpha value is -3.07. The number of esters is 1. The number of imidazole rings is 1. The van der Waals surface area contributed by atoms with Crippen LogP contribution in [0.25, 0.3) is 11.2 Å². The third kappa shape index (κ3) is 7.05. The first-order chi connectivity index (χ1) is 19.5. The smallest absolute Gasteiger partial charge is 0.458 e. The molecule has 0 spiro atoms. The second-order valence-electron chi connectivity index (χ2n) is 9.09. The average molecular weight is 617 g/mol. The van der Waals surface area contributed by atoms with Gasteiger partial charge < -0.3 is 29.6 Å². The Labute approximate surface area is 239 Å². The quantitative estimate of drug-likeness (QED) is 0.145. The predicted octanol–water partition coefficient (Wildman–Crippen LogP) is 3.19. The van der Waals surface area contributed by atoms with E-state index in [1.165, 1.54) is 35.2 Å². The molecule has 4 N–H and O–H groups in total. The molecular formula is C24H31ClFN6O8P. The molecule has 0 bridgehead atoms. The maximum absolute atomic E-state index is 16.0. The minimum atomic E-state index is -4.16. The van der Waals surface area contributed by atoms with Crippen LogP contribution in [0, 0.1) is 0 Å². The van der Waals surface area contributed by atoms with Gasteiger partial charge in [-0.05, 0) is 38.1 Å². The topological polar surface area (TPSA) is 182 Å². The lowest BCUT2D eigenvalue weighted by Gasteiger charge is -2.24. The summed E-state index contributed by atoms with van der Waals surface area (Å²) in [5.74, 6) is -0.296. The summed E-state index contributed by atoms with van der Waals surface area (Å²) in [5.41, 5.74) is 3.80. The van der Waals surface area contributed by atoms with Crippen molar-refractivity contribution in [3.05, 3.63) is 35.6 Å². The zero-order valence-corrected chi connectivity index (χ0v) is 24.2. The lowest BCUT2D eigenvalue weighted by molar-refractivity contribution is -0.143. The molecule has 0 saturated carbocycles. The van der Waals surface area contributed by atoms with Gasteiger partial charge in [-0.3, -0.25) is 13.9 Å². The SMILES string of the molecule is CCOc1nc(N)nc2c1ncn2[C@@H]1O[C@H](COP(=O)(NCCOC(=O)CC)Oc2ccc(Cl)cc2)[C@@H](O)[C@@]1(C)F. The first kappa shape index (κ1) is 30.9. The summed E-state index contributed by atoms with van der Waals surface area (Å²) in [5, 5.41) is 13.9. The molecule has 14 nitrogen and oxygen atoms in total. The van der Waals surface area contributed by atoms with Crippen molar-refractivity contribution < 1.29 is 42.1 Å². The summed E-state index contributed by atoms with van der Waals surface area (Å²) >= 11 is 5.92. The zero-order valence-electron chi connectivity index (χ0n) is 22.5. The number of carbonyl (C=O) groups excluding carboxylic acids is 1. The molecule has 2 aromatic heterocycles. The molecule has 4 rings (SSSR count). The van der Waals surface area contributed by atoms with Gasteiger partial charge in [-0.25, -0.2) is 19.0 Å². The van der Waals surface area contributed by atoms with Crippen molar-refractivity contribution in [1.82, 2.24) is 24.6 Å². The largest absolute Gasteiger partial charge is 0.476 e. The third-order valence-corrected chi connectivity index (χ3v) is 7.87. The molecule has 17 heteroatoms. The first-order valence-electron chi connectivity index (χ1n) is 12.7. The van der Waals surface area contributed by atoms with Crippen molar-refractivity contribution in [1.29, 1.82) is 0 Å². The van der Waals surface area contributed by atoms with Gasteiger partial charge in [-0.2, -0.15) is 9.97 Å². The van der Waals surface area contributed by atoms with E-state index in [1.807, 2.05) is 0 Å². The van der Waals surface area contributed by atoms with E-state index in [4.69, 9.17) is 40.6 Å². The Kier molecular flexibility index (Phi) is 9.67. The molecule has 1 unspecified atom stereocenters. The lowest BCUT2D eigenvalue weighted by atomic mass is 9.98. The van der Waals surface area contributed by atoms with Crippen LogP contribution in [0.1, 0.15) is 33.4 Å². The molecule has 1 saturated heterocycles. The number of nitrogens with zero attached hydrogens (tertiary/aromatic N) is 4. The monoisotopic (exact) mass is 616 g/mol. The van der Waals surface area contributed by atoms with Crippen molar-refractivity contribution >= 4 is 42.4 Å². The van der Waals surface area contributed by atoms with Gasteiger partial charge in [-0.15, -0.1) is 0 Å².